The summed E-state index contributed by atoms with van der Waals surface area (Å²) in [5.74, 6) is 0.956. The first-order chi connectivity index (χ1) is 6.81. The molecule has 0 aliphatic rings. The topological polar surface area (TPSA) is 30.7 Å². The predicted molar refractivity (Wildman–Crippen MR) is 58.3 cm³/mol. The molecule has 0 spiro atoms. The van der Waals surface area contributed by atoms with Crippen molar-refractivity contribution < 1.29 is 0 Å². The van der Waals surface area contributed by atoms with Crippen LogP contribution < -0.4 is 0 Å². The van der Waals surface area contributed by atoms with Crippen LogP contribution in [0.25, 0.3) is 10.8 Å². The van der Waals surface area contributed by atoms with E-state index in [0.29, 0.717) is 0 Å². The standard InChI is InChI=1S/C10H13N3S/c1-3-4-8-7-14-10(12-8)9-11-5-6-13(9)2/h5-7H,3-4H2,1-2H3. The van der Waals surface area contributed by atoms with Gasteiger partial charge in [0.2, 0.25) is 0 Å². The van der Waals surface area contributed by atoms with Crippen LogP contribution in [0.1, 0.15) is 19.0 Å². The fourth-order valence-corrected chi connectivity index (χ4v) is 2.24. The van der Waals surface area contributed by atoms with Crippen LogP contribution in [0.3, 0.4) is 0 Å². The predicted octanol–water partition coefficient (Wildman–Crippen LogP) is 2.50. The van der Waals surface area contributed by atoms with E-state index < -0.39 is 0 Å². The van der Waals surface area contributed by atoms with Crippen molar-refractivity contribution >= 4 is 11.3 Å². The van der Waals surface area contributed by atoms with Crippen LogP contribution in [0.5, 0.6) is 0 Å². The smallest absolute Gasteiger partial charge is 0.168 e. The summed E-state index contributed by atoms with van der Waals surface area (Å²) in [6.07, 6.45) is 5.94. The Balaban J connectivity index is 2.29. The summed E-state index contributed by atoms with van der Waals surface area (Å²) in [5, 5.41) is 3.13. The molecule has 14 heavy (non-hydrogen) atoms. The van der Waals surface area contributed by atoms with Crippen molar-refractivity contribution in [1.82, 2.24) is 14.5 Å². The second kappa shape index (κ2) is 3.92. The molecule has 0 N–H and O–H groups in total. The van der Waals surface area contributed by atoms with E-state index in [1.165, 1.54) is 5.69 Å². The first-order valence-electron chi connectivity index (χ1n) is 4.73. The minimum absolute atomic E-state index is 0.956. The van der Waals surface area contributed by atoms with Gasteiger partial charge in [0.1, 0.15) is 0 Å². The van der Waals surface area contributed by atoms with Gasteiger partial charge in [-0.1, -0.05) is 13.3 Å². The van der Waals surface area contributed by atoms with Crippen molar-refractivity contribution in [3.05, 3.63) is 23.5 Å². The van der Waals surface area contributed by atoms with E-state index in [2.05, 4.69) is 22.3 Å². The minimum Gasteiger partial charge on any atom is -0.332 e. The first-order valence-corrected chi connectivity index (χ1v) is 5.61. The van der Waals surface area contributed by atoms with E-state index in [9.17, 15) is 0 Å². The molecule has 3 nitrogen and oxygen atoms in total. The van der Waals surface area contributed by atoms with Crippen LogP contribution >= 0.6 is 11.3 Å². The lowest BCUT2D eigenvalue weighted by atomic mass is 10.3. The maximum atomic E-state index is 4.54. The van der Waals surface area contributed by atoms with Gasteiger partial charge >= 0.3 is 0 Å². The van der Waals surface area contributed by atoms with Gasteiger partial charge in [-0.2, -0.15) is 0 Å². The van der Waals surface area contributed by atoms with Gasteiger partial charge in [-0.05, 0) is 6.42 Å². The van der Waals surface area contributed by atoms with Crippen molar-refractivity contribution in [2.75, 3.05) is 0 Å². The van der Waals surface area contributed by atoms with E-state index in [1.54, 1.807) is 17.5 Å². The Bertz CT molecular complexity index is 416. The maximum Gasteiger partial charge on any atom is 0.168 e. The fourth-order valence-electron chi connectivity index (χ4n) is 1.35. The zero-order valence-corrected chi connectivity index (χ0v) is 9.21. The van der Waals surface area contributed by atoms with Crippen LogP contribution in [-0.4, -0.2) is 14.5 Å². The normalized spacial score (nSPS) is 10.7. The molecule has 4 heteroatoms. The van der Waals surface area contributed by atoms with E-state index in [4.69, 9.17) is 0 Å². The molecule has 0 radical (unpaired) electrons. The summed E-state index contributed by atoms with van der Waals surface area (Å²) < 4.78 is 1.99. The van der Waals surface area contributed by atoms with Crippen molar-refractivity contribution in [2.45, 2.75) is 19.8 Å². The summed E-state index contributed by atoms with van der Waals surface area (Å²) in [5.41, 5.74) is 1.18. The number of aromatic nitrogens is 3. The van der Waals surface area contributed by atoms with Crippen LogP contribution in [0.4, 0.5) is 0 Å². The lowest BCUT2D eigenvalue weighted by Crippen LogP contribution is -1.91. The third-order valence-corrected chi connectivity index (χ3v) is 2.96. The molecule has 0 saturated carbocycles. The zero-order chi connectivity index (χ0) is 9.97. The lowest BCUT2D eigenvalue weighted by molar-refractivity contribution is 0.885. The third-order valence-electron chi connectivity index (χ3n) is 2.07. The number of nitrogens with zero attached hydrogens (tertiary/aromatic N) is 3. The number of rotatable bonds is 3. The van der Waals surface area contributed by atoms with Gasteiger partial charge in [0.05, 0.1) is 5.69 Å². The lowest BCUT2D eigenvalue weighted by Gasteiger charge is -1.95. The molecule has 0 unspecified atom stereocenters. The van der Waals surface area contributed by atoms with Crippen LogP contribution in [0.2, 0.25) is 0 Å². The minimum atomic E-state index is 0.956. The fraction of sp³-hybridized carbons (Fsp3) is 0.400. The molecule has 2 rings (SSSR count). The molecule has 0 aliphatic heterocycles. The molecule has 0 fully saturated rings. The molecular weight excluding hydrogens is 194 g/mol. The summed E-state index contributed by atoms with van der Waals surface area (Å²) >= 11 is 1.67. The molecule has 2 heterocycles. The van der Waals surface area contributed by atoms with Gasteiger partial charge in [0.15, 0.2) is 10.8 Å². The quantitative estimate of drug-likeness (QED) is 0.774. The summed E-state index contributed by atoms with van der Waals surface area (Å²) in [7, 11) is 1.99. The van der Waals surface area contributed by atoms with Gasteiger partial charge in [0.25, 0.3) is 0 Å². The Morgan fingerprint density at radius 3 is 3.00 bits per heavy atom. The Morgan fingerprint density at radius 1 is 1.50 bits per heavy atom. The maximum absolute atomic E-state index is 4.54. The van der Waals surface area contributed by atoms with Crippen molar-refractivity contribution in [3.63, 3.8) is 0 Å². The molecule has 2 aromatic rings. The monoisotopic (exact) mass is 207 g/mol. The van der Waals surface area contributed by atoms with Crippen LogP contribution in [0, 0.1) is 0 Å². The Morgan fingerprint density at radius 2 is 2.36 bits per heavy atom. The van der Waals surface area contributed by atoms with E-state index in [1.807, 2.05) is 17.8 Å². The van der Waals surface area contributed by atoms with E-state index in [0.717, 1.165) is 23.7 Å². The molecule has 0 atom stereocenters. The largest absolute Gasteiger partial charge is 0.332 e. The molecule has 0 bridgehead atoms. The van der Waals surface area contributed by atoms with E-state index >= 15 is 0 Å². The molecule has 0 aliphatic carbocycles. The van der Waals surface area contributed by atoms with Gasteiger partial charge in [-0.3, -0.25) is 0 Å². The Labute approximate surface area is 87.4 Å². The van der Waals surface area contributed by atoms with Gasteiger partial charge < -0.3 is 4.57 Å². The molecule has 0 aromatic carbocycles. The Hall–Kier alpha value is -1.16. The number of imidazole rings is 1. The van der Waals surface area contributed by atoms with Crippen molar-refractivity contribution in [1.29, 1.82) is 0 Å². The van der Waals surface area contributed by atoms with Crippen LogP contribution in [0.15, 0.2) is 17.8 Å². The average molecular weight is 207 g/mol. The molecule has 0 saturated heterocycles. The highest BCUT2D eigenvalue weighted by atomic mass is 32.1. The van der Waals surface area contributed by atoms with Crippen molar-refractivity contribution in [3.8, 4) is 10.8 Å². The third kappa shape index (κ3) is 1.70. The molecule has 74 valence electrons. The molecule has 0 amide bonds. The molecule has 2 aromatic heterocycles. The summed E-state index contributed by atoms with van der Waals surface area (Å²) in [6, 6.07) is 0. The second-order valence-corrected chi connectivity index (χ2v) is 4.11. The number of thiazole rings is 1. The Kier molecular flexibility index (Phi) is 2.63. The highest BCUT2D eigenvalue weighted by molar-refractivity contribution is 7.13. The zero-order valence-electron chi connectivity index (χ0n) is 8.40. The highest BCUT2D eigenvalue weighted by Gasteiger charge is 2.07. The first kappa shape index (κ1) is 9.40. The second-order valence-electron chi connectivity index (χ2n) is 3.26. The average Bonchev–Trinajstić information content (AvgIpc) is 2.74. The van der Waals surface area contributed by atoms with Gasteiger partial charge in [-0.15, -0.1) is 11.3 Å². The van der Waals surface area contributed by atoms with Crippen molar-refractivity contribution in [2.24, 2.45) is 7.05 Å². The number of hydrogen-bond donors (Lipinski definition) is 0. The van der Waals surface area contributed by atoms with Crippen LogP contribution in [-0.2, 0) is 13.5 Å². The van der Waals surface area contributed by atoms with Gasteiger partial charge in [0, 0.05) is 24.8 Å². The SMILES string of the molecule is CCCc1csc(-c2nccn2C)n1. The highest BCUT2D eigenvalue weighted by Crippen LogP contribution is 2.21. The number of aryl methyl sites for hydroxylation is 2. The van der Waals surface area contributed by atoms with Gasteiger partial charge in [-0.25, -0.2) is 9.97 Å². The molecular formula is C10H13N3S. The summed E-state index contributed by atoms with van der Waals surface area (Å²) in [4.78, 5) is 8.81. The summed E-state index contributed by atoms with van der Waals surface area (Å²) in [6.45, 7) is 2.17. The van der Waals surface area contributed by atoms with E-state index in [-0.39, 0.29) is 0 Å². The number of hydrogen-bond acceptors (Lipinski definition) is 3.